The van der Waals surface area contributed by atoms with Crippen molar-refractivity contribution in [1.82, 2.24) is 10.2 Å². The molecule has 2 aromatic rings. The fraction of sp³-hybridized carbons (Fsp3) is 0.381. The molecule has 0 aliphatic rings. The Morgan fingerprint density at radius 1 is 1.14 bits per heavy atom. The number of benzene rings is 2. The quantitative estimate of drug-likeness (QED) is 0.344. The van der Waals surface area contributed by atoms with Gasteiger partial charge in [0.2, 0.25) is 5.75 Å². The lowest BCUT2D eigenvalue weighted by Crippen LogP contribution is -2.38. The number of aliphatic imine (C=N–C) groups is 1. The minimum atomic E-state index is -0.00342. The number of methoxy groups -OCH3 is 2. The van der Waals surface area contributed by atoms with Gasteiger partial charge in [-0.25, -0.2) is 4.99 Å². The van der Waals surface area contributed by atoms with Crippen LogP contribution in [0.3, 0.4) is 0 Å². The van der Waals surface area contributed by atoms with Crippen LogP contribution in [0.5, 0.6) is 17.2 Å². The summed E-state index contributed by atoms with van der Waals surface area (Å²) in [5, 5.41) is 13.4. The molecule has 0 saturated heterocycles. The molecular formula is C21H30IN3O3. The number of guanidine groups is 1. The summed E-state index contributed by atoms with van der Waals surface area (Å²) in [6, 6.07) is 11.9. The second kappa shape index (κ2) is 11.6. The Labute approximate surface area is 184 Å². The number of nitrogens with one attached hydrogen (secondary N) is 1. The minimum Gasteiger partial charge on any atom is -0.502 e. The van der Waals surface area contributed by atoms with Crippen LogP contribution in [0, 0.1) is 6.92 Å². The van der Waals surface area contributed by atoms with Gasteiger partial charge >= 0.3 is 0 Å². The van der Waals surface area contributed by atoms with E-state index in [1.807, 2.05) is 20.0 Å². The lowest BCUT2D eigenvalue weighted by Gasteiger charge is -2.23. The zero-order valence-electron chi connectivity index (χ0n) is 17.2. The van der Waals surface area contributed by atoms with Crippen molar-refractivity contribution in [3.8, 4) is 17.2 Å². The molecule has 2 rings (SSSR count). The summed E-state index contributed by atoms with van der Waals surface area (Å²) in [5.41, 5.74) is 3.41. The Morgan fingerprint density at radius 2 is 1.75 bits per heavy atom. The highest BCUT2D eigenvalue weighted by Crippen LogP contribution is 2.37. The number of aryl methyl sites for hydroxylation is 1. The number of nitrogens with zero attached hydrogens (tertiary/aromatic N) is 2. The van der Waals surface area contributed by atoms with E-state index in [1.54, 1.807) is 12.1 Å². The SMILES string of the molecule is CCNC(=NCc1cc(OC)c(O)c(OC)c1)N(C)Cc1ccccc1C.I. The van der Waals surface area contributed by atoms with Gasteiger partial charge in [-0.3, -0.25) is 0 Å². The lowest BCUT2D eigenvalue weighted by atomic mass is 10.1. The van der Waals surface area contributed by atoms with Gasteiger partial charge in [-0.1, -0.05) is 24.3 Å². The molecule has 2 N–H and O–H groups in total. The number of aromatic hydroxyl groups is 1. The van der Waals surface area contributed by atoms with E-state index in [2.05, 4.69) is 35.3 Å². The Hall–Kier alpha value is -2.16. The maximum absolute atomic E-state index is 10.0. The van der Waals surface area contributed by atoms with Crippen molar-refractivity contribution in [2.45, 2.75) is 26.9 Å². The van der Waals surface area contributed by atoms with Crippen molar-refractivity contribution in [3.63, 3.8) is 0 Å². The first-order chi connectivity index (χ1) is 13.0. The molecule has 154 valence electrons. The molecule has 0 bridgehead atoms. The van der Waals surface area contributed by atoms with Crippen molar-refractivity contribution < 1.29 is 14.6 Å². The van der Waals surface area contributed by atoms with Gasteiger partial charge in [-0.15, -0.1) is 24.0 Å². The first-order valence-electron chi connectivity index (χ1n) is 8.98. The normalized spacial score (nSPS) is 10.8. The standard InChI is InChI=1S/C21H29N3O3.HI/c1-6-22-21(24(3)14-17-10-8-7-9-15(17)2)23-13-16-11-18(26-4)20(25)19(12-16)27-5;/h7-12,25H,6,13-14H2,1-5H3,(H,22,23);1H. The van der Waals surface area contributed by atoms with Gasteiger partial charge in [-0.2, -0.15) is 0 Å². The minimum absolute atomic E-state index is 0. The van der Waals surface area contributed by atoms with E-state index in [0.29, 0.717) is 18.0 Å². The van der Waals surface area contributed by atoms with Gasteiger partial charge in [0.05, 0.1) is 20.8 Å². The number of halogens is 1. The molecule has 0 atom stereocenters. The highest BCUT2D eigenvalue weighted by Gasteiger charge is 2.12. The van der Waals surface area contributed by atoms with Gasteiger partial charge in [-0.05, 0) is 42.7 Å². The number of phenolic OH excluding ortho intramolecular Hbond substituents is 1. The van der Waals surface area contributed by atoms with Crippen molar-refractivity contribution in [2.75, 3.05) is 27.8 Å². The average Bonchev–Trinajstić information content (AvgIpc) is 2.67. The Morgan fingerprint density at radius 3 is 2.29 bits per heavy atom. The monoisotopic (exact) mass is 499 g/mol. The van der Waals surface area contributed by atoms with Crippen LogP contribution in [0.1, 0.15) is 23.6 Å². The van der Waals surface area contributed by atoms with E-state index in [-0.39, 0.29) is 29.7 Å². The molecule has 0 aromatic heterocycles. The molecule has 0 radical (unpaired) electrons. The van der Waals surface area contributed by atoms with Crippen molar-refractivity contribution in [3.05, 3.63) is 53.1 Å². The Bertz CT molecular complexity index is 771. The van der Waals surface area contributed by atoms with Crippen molar-refractivity contribution >= 4 is 29.9 Å². The van der Waals surface area contributed by atoms with E-state index >= 15 is 0 Å². The van der Waals surface area contributed by atoms with Crippen LogP contribution >= 0.6 is 24.0 Å². The second-order valence-corrected chi connectivity index (χ2v) is 6.30. The third-order valence-corrected chi connectivity index (χ3v) is 4.32. The average molecular weight is 499 g/mol. The van der Waals surface area contributed by atoms with Crippen LogP contribution in [0.2, 0.25) is 0 Å². The van der Waals surface area contributed by atoms with Crippen LogP contribution in [0.4, 0.5) is 0 Å². The smallest absolute Gasteiger partial charge is 0.200 e. The van der Waals surface area contributed by atoms with E-state index in [1.165, 1.54) is 25.3 Å². The first kappa shape index (κ1) is 23.9. The lowest BCUT2D eigenvalue weighted by molar-refractivity contribution is 0.339. The maximum atomic E-state index is 10.0. The fourth-order valence-electron chi connectivity index (χ4n) is 2.79. The third kappa shape index (κ3) is 6.19. The predicted octanol–water partition coefficient (Wildman–Crippen LogP) is 3.93. The summed E-state index contributed by atoms with van der Waals surface area (Å²) in [7, 11) is 5.05. The van der Waals surface area contributed by atoms with Crippen LogP contribution in [-0.2, 0) is 13.1 Å². The summed E-state index contributed by atoms with van der Waals surface area (Å²) in [6.45, 7) is 6.14. The molecule has 6 nitrogen and oxygen atoms in total. The van der Waals surface area contributed by atoms with Gasteiger partial charge < -0.3 is 24.8 Å². The second-order valence-electron chi connectivity index (χ2n) is 6.30. The number of rotatable bonds is 7. The summed E-state index contributed by atoms with van der Waals surface area (Å²) < 4.78 is 10.4. The molecule has 0 aliphatic carbocycles. The summed E-state index contributed by atoms with van der Waals surface area (Å²) >= 11 is 0. The number of ether oxygens (including phenoxy) is 2. The highest BCUT2D eigenvalue weighted by molar-refractivity contribution is 14.0. The van der Waals surface area contributed by atoms with Gasteiger partial charge in [0.25, 0.3) is 0 Å². The zero-order chi connectivity index (χ0) is 19.8. The van der Waals surface area contributed by atoms with Gasteiger partial charge in [0, 0.05) is 20.1 Å². The van der Waals surface area contributed by atoms with Gasteiger partial charge in [0.1, 0.15) is 0 Å². The Balaban J connectivity index is 0.00000392. The molecule has 0 unspecified atom stereocenters. The molecule has 0 heterocycles. The number of phenols is 1. The molecule has 0 spiro atoms. The summed E-state index contributed by atoms with van der Waals surface area (Å²) in [6.07, 6.45) is 0. The fourth-order valence-corrected chi connectivity index (χ4v) is 2.79. The van der Waals surface area contributed by atoms with Gasteiger partial charge in [0.15, 0.2) is 17.5 Å². The van der Waals surface area contributed by atoms with Crippen LogP contribution < -0.4 is 14.8 Å². The molecule has 7 heteroatoms. The van der Waals surface area contributed by atoms with Crippen molar-refractivity contribution in [1.29, 1.82) is 0 Å². The van der Waals surface area contributed by atoms with Crippen molar-refractivity contribution in [2.24, 2.45) is 4.99 Å². The van der Waals surface area contributed by atoms with E-state index < -0.39 is 0 Å². The number of hydrogen-bond acceptors (Lipinski definition) is 4. The summed E-state index contributed by atoms with van der Waals surface area (Å²) in [5.74, 6) is 1.55. The van der Waals surface area contributed by atoms with Crippen LogP contribution in [0.15, 0.2) is 41.4 Å². The van der Waals surface area contributed by atoms with E-state index in [4.69, 9.17) is 14.5 Å². The predicted molar refractivity (Wildman–Crippen MR) is 124 cm³/mol. The molecule has 0 saturated carbocycles. The molecule has 0 amide bonds. The maximum Gasteiger partial charge on any atom is 0.200 e. The van der Waals surface area contributed by atoms with Crippen LogP contribution in [0.25, 0.3) is 0 Å². The van der Waals surface area contributed by atoms with Crippen LogP contribution in [-0.4, -0.2) is 43.8 Å². The molecule has 28 heavy (non-hydrogen) atoms. The summed E-state index contributed by atoms with van der Waals surface area (Å²) in [4.78, 5) is 6.83. The molecule has 0 aliphatic heterocycles. The highest BCUT2D eigenvalue weighted by atomic mass is 127. The molecule has 0 fully saturated rings. The largest absolute Gasteiger partial charge is 0.502 e. The molecule has 2 aromatic carbocycles. The Kier molecular flexibility index (Phi) is 9.92. The van der Waals surface area contributed by atoms with E-state index in [0.717, 1.165) is 24.6 Å². The zero-order valence-corrected chi connectivity index (χ0v) is 19.5. The first-order valence-corrected chi connectivity index (χ1v) is 8.98. The topological polar surface area (TPSA) is 66.3 Å². The molecular weight excluding hydrogens is 469 g/mol. The van der Waals surface area contributed by atoms with E-state index in [9.17, 15) is 5.11 Å². The number of hydrogen-bond donors (Lipinski definition) is 2. The third-order valence-electron chi connectivity index (χ3n) is 4.32.